The molecule has 0 aromatic heterocycles. The van der Waals surface area contributed by atoms with Crippen molar-refractivity contribution in [2.75, 3.05) is 19.7 Å². The molecule has 0 aliphatic carbocycles. The van der Waals surface area contributed by atoms with E-state index in [0.29, 0.717) is 26.3 Å². The van der Waals surface area contributed by atoms with E-state index in [1.54, 1.807) is 16.8 Å². The first-order valence-corrected chi connectivity index (χ1v) is 12.2. The lowest BCUT2D eigenvalue weighted by atomic mass is 10.1. The Morgan fingerprint density at radius 3 is 2.67 bits per heavy atom. The third-order valence-corrected chi connectivity index (χ3v) is 8.17. The molecule has 2 N–H and O–H groups in total. The van der Waals surface area contributed by atoms with Crippen LogP contribution in [0.5, 0.6) is 0 Å². The van der Waals surface area contributed by atoms with E-state index in [-0.39, 0.29) is 12.5 Å². The Hall–Kier alpha value is -1.97. The molecular weight excluding hydrogens is 436 g/mol. The van der Waals surface area contributed by atoms with Crippen LogP contribution in [0.25, 0.3) is 10.8 Å². The van der Waals surface area contributed by atoms with E-state index in [9.17, 15) is 10.2 Å². The Bertz CT molecular complexity index is 1140. The maximum absolute atomic E-state index is 11.0. The summed E-state index contributed by atoms with van der Waals surface area (Å²) in [5, 5.41) is 24.4. The van der Waals surface area contributed by atoms with Gasteiger partial charge in [0.05, 0.1) is 25.7 Å². The van der Waals surface area contributed by atoms with Crippen molar-refractivity contribution in [2.24, 2.45) is 0 Å². The van der Waals surface area contributed by atoms with Gasteiger partial charge in [0.25, 0.3) is 0 Å². The van der Waals surface area contributed by atoms with Crippen LogP contribution >= 0.6 is 11.9 Å². The van der Waals surface area contributed by atoms with Crippen molar-refractivity contribution in [2.45, 2.75) is 48.6 Å². The lowest BCUT2D eigenvalue weighted by Gasteiger charge is -2.36. The molecule has 0 saturated carbocycles. The highest BCUT2D eigenvalue weighted by atomic mass is 32.2. The number of likely N-dealkylation sites (tertiary alicyclic amines) is 1. The van der Waals surface area contributed by atoms with Crippen molar-refractivity contribution in [1.29, 1.82) is 0 Å². The van der Waals surface area contributed by atoms with Gasteiger partial charge >= 0.3 is 0 Å². The van der Waals surface area contributed by atoms with E-state index < -0.39 is 11.6 Å². The highest BCUT2D eigenvalue weighted by Crippen LogP contribution is 2.50. The molecule has 7 heteroatoms. The fourth-order valence-corrected chi connectivity index (χ4v) is 6.06. The zero-order valence-corrected chi connectivity index (χ0v) is 19.2. The largest absolute Gasteiger partial charge is 0.372 e. The lowest BCUT2D eigenvalue weighted by Crippen LogP contribution is -2.52. The average molecular weight is 465 g/mol. The SMILES string of the molecule is OC(O)(CC1(N2Cc3ccccc3S2)CO1)N1CCC(OCc2ccc3ccccc3c2)C1. The van der Waals surface area contributed by atoms with Crippen molar-refractivity contribution >= 4 is 22.7 Å². The van der Waals surface area contributed by atoms with Crippen LogP contribution in [0.15, 0.2) is 71.6 Å². The quantitative estimate of drug-likeness (QED) is 0.314. The molecule has 2 saturated heterocycles. The molecule has 0 bridgehead atoms. The van der Waals surface area contributed by atoms with Gasteiger partial charge in [-0.3, -0.25) is 0 Å². The predicted molar refractivity (Wildman–Crippen MR) is 127 cm³/mol. The molecular formula is C26H28N2O4S. The molecule has 0 amide bonds. The van der Waals surface area contributed by atoms with E-state index in [1.807, 2.05) is 24.3 Å². The maximum Gasteiger partial charge on any atom is 0.229 e. The summed E-state index contributed by atoms with van der Waals surface area (Å²) in [6.45, 7) is 2.84. The molecule has 3 aliphatic rings. The molecule has 33 heavy (non-hydrogen) atoms. The van der Waals surface area contributed by atoms with Crippen molar-refractivity contribution in [3.63, 3.8) is 0 Å². The minimum Gasteiger partial charge on any atom is -0.372 e. The second-order valence-electron chi connectivity index (χ2n) is 9.27. The number of fused-ring (bicyclic) bond motifs is 2. The third kappa shape index (κ3) is 4.31. The van der Waals surface area contributed by atoms with Gasteiger partial charge in [-0.1, -0.05) is 54.6 Å². The van der Waals surface area contributed by atoms with Crippen LogP contribution < -0.4 is 0 Å². The molecule has 2 fully saturated rings. The molecule has 0 radical (unpaired) electrons. The minimum absolute atomic E-state index is 0.0309. The van der Waals surface area contributed by atoms with Crippen LogP contribution in [0.4, 0.5) is 0 Å². The van der Waals surface area contributed by atoms with Gasteiger partial charge < -0.3 is 19.7 Å². The summed E-state index contributed by atoms with van der Waals surface area (Å²) < 4.78 is 14.1. The molecule has 3 aromatic rings. The number of aliphatic hydroxyl groups is 2. The zero-order chi connectivity index (χ0) is 22.5. The van der Waals surface area contributed by atoms with Crippen LogP contribution in [-0.2, 0) is 22.6 Å². The van der Waals surface area contributed by atoms with Gasteiger partial charge in [0.15, 0.2) is 5.72 Å². The van der Waals surface area contributed by atoms with Gasteiger partial charge in [-0.15, -0.1) is 0 Å². The molecule has 3 aromatic carbocycles. The normalized spacial score (nSPS) is 25.6. The van der Waals surface area contributed by atoms with Crippen LogP contribution in [0.2, 0.25) is 0 Å². The summed E-state index contributed by atoms with van der Waals surface area (Å²) in [6, 6.07) is 22.9. The Kier molecular flexibility index (Phi) is 5.46. The summed E-state index contributed by atoms with van der Waals surface area (Å²) in [6.07, 6.45) is 0.865. The summed E-state index contributed by atoms with van der Waals surface area (Å²) in [5.41, 5.74) is 1.74. The fraction of sp³-hybridized carbons (Fsp3) is 0.385. The average Bonchev–Trinajstić information content (AvgIpc) is 3.24. The number of epoxide rings is 1. The van der Waals surface area contributed by atoms with Crippen molar-refractivity contribution in [3.05, 3.63) is 77.9 Å². The Morgan fingerprint density at radius 1 is 1.06 bits per heavy atom. The smallest absolute Gasteiger partial charge is 0.229 e. The molecule has 6 nitrogen and oxygen atoms in total. The molecule has 172 valence electrons. The van der Waals surface area contributed by atoms with Gasteiger partial charge in [0.1, 0.15) is 0 Å². The highest BCUT2D eigenvalue weighted by molar-refractivity contribution is 7.97. The van der Waals surface area contributed by atoms with E-state index >= 15 is 0 Å². The highest BCUT2D eigenvalue weighted by Gasteiger charge is 2.58. The number of hydrogen-bond donors (Lipinski definition) is 2. The lowest BCUT2D eigenvalue weighted by molar-refractivity contribution is -0.274. The van der Waals surface area contributed by atoms with Crippen LogP contribution in [0.1, 0.15) is 24.0 Å². The molecule has 2 atom stereocenters. The van der Waals surface area contributed by atoms with Crippen LogP contribution in [-0.4, -0.2) is 56.9 Å². The Labute approximate surface area is 197 Å². The van der Waals surface area contributed by atoms with Crippen molar-refractivity contribution in [3.8, 4) is 0 Å². The minimum atomic E-state index is -1.94. The van der Waals surface area contributed by atoms with E-state index in [1.165, 1.54) is 21.2 Å². The Morgan fingerprint density at radius 2 is 1.85 bits per heavy atom. The van der Waals surface area contributed by atoms with Gasteiger partial charge in [-0.05, 0) is 52.4 Å². The predicted octanol–water partition coefficient (Wildman–Crippen LogP) is 3.71. The first kappa shape index (κ1) is 21.6. The summed E-state index contributed by atoms with van der Waals surface area (Å²) in [5.74, 6) is -1.94. The summed E-state index contributed by atoms with van der Waals surface area (Å²) in [7, 11) is 0. The number of nitrogens with zero attached hydrogens (tertiary/aromatic N) is 2. The van der Waals surface area contributed by atoms with Gasteiger partial charge in [-0.25, -0.2) is 9.21 Å². The monoisotopic (exact) mass is 464 g/mol. The molecule has 3 heterocycles. The number of rotatable bonds is 7. The molecule has 0 spiro atoms. The molecule has 2 unspecified atom stereocenters. The second kappa shape index (κ2) is 8.36. The zero-order valence-electron chi connectivity index (χ0n) is 18.4. The second-order valence-corrected chi connectivity index (χ2v) is 10.3. The number of hydrogen-bond acceptors (Lipinski definition) is 7. The molecule has 6 rings (SSSR count). The third-order valence-electron chi connectivity index (χ3n) is 6.89. The molecule has 3 aliphatic heterocycles. The summed E-state index contributed by atoms with van der Waals surface area (Å²) in [4.78, 5) is 2.92. The maximum atomic E-state index is 11.0. The van der Waals surface area contributed by atoms with Crippen LogP contribution in [0.3, 0.4) is 0 Å². The van der Waals surface area contributed by atoms with Gasteiger partial charge in [0.2, 0.25) is 5.91 Å². The fourth-order valence-electron chi connectivity index (χ4n) is 4.89. The first-order chi connectivity index (χ1) is 16.0. The number of benzene rings is 3. The van der Waals surface area contributed by atoms with E-state index in [4.69, 9.17) is 9.47 Å². The summed E-state index contributed by atoms with van der Waals surface area (Å²) >= 11 is 1.64. The Balaban J connectivity index is 1.05. The van der Waals surface area contributed by atoms with Crippen molar-refractivity contribution < 1.29 is 19.7 Å². The standard InChI is InChI=1S/C26H28N2O4S/c29-26(30,17-25(18-32-25)28-14-22-7-3-4-8-24(22)33-28)27-12-11-23(15-27)31-16-19-9-10-20-5-1-2-6-21(20)13-19/h1-10,13,23,29-30H,11-12,14-18H2. The topological polar surface area (TPSA) is 68.7 Å². The van der Waals surface area contributed by atoms with Crippen molar-refractivity contribution in [1.82, 2.24) is 9.21 Å². The van der Waals surface area contributed by atoms with Gasteiger partial charge in [0, 0.05) is 24.5 Å². The van der Waals surface area contributed by atoms with E-state index in [2.05, 4.69) is 46.8 Å². The number of ether oxygens (including phenoxy) is 2. The van der Waals surface area contributed by atoms with E-state index in [0.717, 1.165) is 18.5 Å². The first-order valence-electron chi connectivity index (χ1n) is 11.5. The van der Waals surface area contributed by atoms with Crippen LogP contribution in [0, 0.1) is 0 Å². The van der Waals surface area contributed by atoms with Gasteiger partial charge in [-0.2, -0.15) is 0 Å².